The van der Waals surface area contributed by atoms with Crippen LogP contribution >= 0.6 is 7.82 Å². The van der Waals surface area contributed by atoms with E-state index in [1.54, 1.807) is 6.07 Å². The first-order chi connectivity index (χ1) is 7.14. The van der Waals surface area contributed by atoms with Crippen LogP contribution in [0.25, 0.3) is 0 Å². The van der Waals surface area contributed by atoms with Crippen molar-refractivity contribution in [2.24, 2.45) is 0 Å². The summed E-state index contributed by atoms with van der Waals surface area (Å²) in [4.78, 5) is 16.5. The maximum Gasteiger partial charge on any atom is 0.529 e. The van der Waals surface area contributed by atoms with Crippen LogP contribution in [-0.4, -0.2) is 21.5 Å². The van der Waals surface area contributed by atoms with Gasteiger partial charge in [0.05, 0.1) is 6.61 Å². The predicted octanol–water partition coefficient (Wildman–Crippen LogP) is 1.77. The van der Waals surface area contributed by atoms with Crippen LogP contribution in [0, 0.1) is 0 Å². The van der Waals surface area contributed by atoms with E-state index in [9.17, 15) is 9.46 Å². The van der Waals surface area contributed by atoms with Crippen molar-refractivity contribution in [3.05, 3.63) is 18.5 Å². The van der Waals surface area contributed by atoms with Gasteiger partial charge in [-0.05, 0) is 12.5 Å². The molecule has 0 radical (unpaired) electrons. The number of aromatic nitrogens is 2. The van der Waals surface area contributed by atoms with Crippen molar-refractivity contribution in [2.45, 2.75) is 19.8 Å². The van der Waals surface area contributed by atoms with Crippen LogP contribution in [0.5, 0.6) is 6.01 Å². The van der Waals surface area contributed by atoms with Crippen LogP contribution in [0.4, 0.5) is 0 Å². The van der Waals surface area contributed by atoms with Crippen molar-refractivity contribution < 1.29 is 18.5 Å². The fourth-order valence-corrected chi connectivity index (χ4v) is 1.50. The van der Waals surface area contributed by atoms with Gasteiger partial charge < -0.3 is 4.52 Å². The molecule has 84 valence electrons. The molecule has 0 aliphatic rings. The second-order valence-corrected chi connectivity index (χ2v) is 4.16. The SMILES string of the molecule is CCCCOP(=O)(O)Oc1ncccn1. The smallest absolute Gasteiger partial charge is 0.368 e. The zero-order valence-corrected chi connectivity index (χ0v) is 9.26. The number of unbranched alkanes of at least 4 members (excludes halogenated alkanes) is 1. The van der Waals surface area contributed by atoms with Gasteiger partial charge in [-0.25, -0.2) is 14.5 Å². The van der Waals surface area contributed by atoms with Crippen molar-refractivity contribution >= 4 is 7.82 Å². The predicted molar refractivity (Wildman–Crippen MR) is 53.3 cm³/mol. The van der Waals surface area contributed by atoms with E-state index in [4.69, 9.17) is 0 Å². The fourth-order valence-electron chi connectivity index (χ4n) is 0.786. The van der Waals surface area contributed by atoms with E-state index in [1.165, 1.54) is 12.4 Å². The lowest BCUT2D eigenvalue weighted by Crippen LogP contribution is -2.01. The topological polar surface area (TPSA) is 81.5 Å². The molecule has 0 saturated heterocycles. The van der Waals surface area contributed by atoms with Crippen molar-refractivity contribution in [3.8, 4) is 6.01 Å². The third-order valence-electron chi connectivity index (χ3n) is 1.49. The number of nitrogens with zero attached hydrogens (tertiary/aromatic N) is 2. The maximum atomic E-state index is 11.3. The van der Waals surface area contributed by atoms with Crippen LogP contribution in [0.1, 0.15) is 19.8 Å². The number of rotatable bonds is 6. The number of hydrogen-bond acceptors (Lipinski definition) is 5. The van der Waals surface area contributed by atoms with Crippen molar-refractivity contribution in [3.63, 3.8) is 0 Å². The summed E-state index contributed by atoms with van der Waals surface area (Å²) in [6.07, 6.45) is 4.40. The standard InChI is InChI=1S/C8H13N2O4P/c1-2-3-7-13-15(11,12)14-8-9-5-4-6-10-8/h4-6H,2-3,7H2,1H3,(H,11,12). The molecule has 0 aromatic carbocycles. The molecule has 1 rings (SSSR count). The molecule has 15 heavy (non-hydrogen) atoms. The lowest BCUT2D eigenvalue weighted by Gasteiger charge is -2.10. The molecular weight excluding hydrogens is 219 g/mol. The Labute approximate surface area is 87.9 Å². The number of hydrogen-bond donors (Lipinski definition) is 1. The average Bonchev–Trinajstić information content (AvgIpc) is 2.18. The van der Waals surface area contributed by atoms with Gasteiger partial charge in [-0.1, -0.05) is 13.3 Å². The monoisotopic (exact) mass is 232 g/mol. The van der Waals surface area contributed by atoms with Gasteiger partial charge in [0, 0.05) is 12.4 Å². The first-order valence-corrected chi connectivity index (χ1v) is 6.07. The summed E-state index contributed by atoms with van der Waals surface area (Å²) in [6, 6.07) is 1.41. The molecule has 7 heteroatoms. The van der Waals surface area contributed by atoms with E-state index >= 15 is 0 Å². The minimum atomic E-state index is -4.07. The van der Waals surface area contributed by atoms with Gasteiger partial charge in [0.1, 0.15) is 0 Å². The Morgan fingerprint density at radius 2 is 2.13 bits per heavy atom. The summed E-state index contributed by atoms with van der Waals surface area (Å²) in [5, 5.41) is 0. The Morgan fingerprint density at radius 1 is 1.47 bits per heavy atom. The van der Waals surface area contributed by atoms with E-state index in [1.807, 2.05) is 6.92 Å². The summed E-state index contributed by atoms with van der Waals surface area (Å²) in [5.41, 5.74) is 0. The Balaban J connectivity index is 2.46. The molecule has 1 unspecified atom stereocenters. The van der Waals surface area contributed by atoms with Crippen LogP contribution in [0.3, 0.4) is 0 Å². The van der Waals surface area contributed by atoms with Crippen molar-refractivity contribution in [2.75, 3.05) is 6.61 Å². The van der Waals surface area contributed by atoms with Gasteiger partial charge in [0.2, 0.25) is 0 Å². The van der Waals surface area contributed by atoms with E-state index < -0.39 is 7.82 Å². The Hall–Kier alpha value is -0.970. The molecule has 1 N–H and O–H groups in total. The molecule has 1 atom stereocenters. The molecule has 1 aromatic rings. The maximum absolute atomic E-state index is 11.3. The van der Waals surface area contributed by atoms with Crippen molar-refractivity contribution in [1.82, 2.24) is 9.97 Å². The molecular formula is C8H13N2O4P. The zero-order valence-electron chi connectivity index (χ0n) is 8.37. The molecule has 0 spiro atoms. The summed E-state index contributed by atoms with van der Waals surface area (Å²) >= 11 is 0. The minimum absolute atomic E-state index is 0.167. The molecule has 0 aliphatic carbocycles. The average molecular weight is 232 g/mol. The first-order valence-electron chi connectivity index (χ1n) is 4.58. The van der Waals surface area contributed by atoms with Gasteiger partial charge in [-0.15, -0.1) is 0 Å². The van der Waals surface area contributed by atoms with Gasteiger partial charge >= 0.3 is 13.8 Å². The highest BCUT2D eigenvalue weighted by atomic mass is 31.2. The van der Waals surface area contributed by atoms with Crippen LogP contribution in [0.2, 0.25) is 0 Å². The third-order valence-corrected chi connectivity index (χ3v) is 2.39. The van der Waals surface area contributed by atoms with Gasteiger partial charge in [-0.3, -0.25) is 9.42 Å². The first kappa shape index (κ1) is 12.1. The van der Waals surface area contributed by atoms with Crippen LogP contribution < -0.4 is 4.52 Å². The second kappa shape index (κ2) is 5.80. The Morgan fingerprint density at radius 3 is 2.73 bits per heavy atom. The Kier molecular flexibility index (Phi) is 4.68. The Bertz CT molecular complexity index is 333. The lowest BCUT2D eigenvalue weighted by atomic mass is 10.4. The summed E-state index contributed by atoms with van der Waals surface area (Å²) in [6.45, 7) is 2.13. The molecule has 6 nitrogen and oxygen atoms in total. The highest BCUT2D eigenvalue weighted by Gasteiger charge is 2.23. The second-order valence-electron chi connectivity index (χ2n) is 2.78. The highest BCUT2D eigenvalue weighted by Crippen LogP contribution is 2.42. The molecule has 0 amide bonds. The quantitative estimate of drug-likeness (QED) is 0.594. The number of phosphoric ester groups is 1. The molecule has 0 bridgehead atoms. The van der Waals surface area contributed by atoms with E-state index in [0.717, 1.165) is 6.42 Å². The lowest BCUT2D eigenvalue weighted by molar-refractivity contribution is 0.196. The summed E-state index contributed by atoms with van der Waals surface area (Å²) in [5.74, 6) is 0. The highest BCUT2D eigenvalue weighted by molar-refractivity contribution is 7.47. The molecule has 0 aliphatic heterocycles. The zero-order chi connectivity index (χ0) is 11.1. The van der Waals surface area contributed by atoms with E-state index in [2.05, 4.69) is 19.0 Å². The van der Waals surface area contributed by atoms with Crippen LogP contribution in [-0.2, 0) is 9.09 Å². The fraction of sp³-hybridized carbons (Fsp3) is 0.500. The molecule has 0 saturated carbocycles. The summed E-state index contributed by atoms with van der Waals surface area (Å²) in [7, 11) is -4.07. The van der Waals surface area contributed by atoms with Gasteiger partial charge in [0.15, 0.2) is 0 Å². The third kappa shape index (κ3) is 4.88. The normalized spacial score (nSPS) is 14.5. The van der Waals surface area contributed by atoms with E-state index in [0.29, 0.717) is 6.42 Å². The molecule has 1 aromatic heterocycles. The minimum Gasteiger partial charge on any atom is -0.368 e. The molecule has 0 fully saturated rings. The van der Waals surface area contributed by atoms with Gasteiger partial charge in [-0.2, -0.15) is 0 Å². The van der Waals surface area contributed by atoms with Gasteiger partial charge in [0.25, 0.3) is 0 Å². The summed E-state index contributed by atoms with van der Waals surface area (Å²) < 4.78 is 20.6. The van der Waals surface area contributed by atoms with Crippen molar-refractivity contribution in [1.29, 1.82) is 0 Å². The molecule has 1 heterocycles. The van der Waals surface area contributed by atoms with E-state index in [-0.39, 0.29) is 12.6 Å². The van der Waals surface area contributed by atoms with Crippen LogP contribution in [0.15, 0.2) is 18.5 Å². The number of phosphoric acid groups is 1. The largest absolute Gasteiger partial charge is 0.529 e.